The molecule has 0 unspecified atom stereocenters. The van der Waals surface area contributed by atoms with E-state index in [1.807, 2.05) is 0 Å². The molecule has 2 amide bonds. The van der Waals surface area contributed by atoms with Crippen LogP contribution in [0.1, 0.15) is 16.6 Å². The molecule has 1 aromatic carbocycles. The molecule has 0 spiro atoms. The summed E-state index contributed by atoms with van der Waals surface area (Å²) >= 11 is 1.29. The van der Waals surface area contributed by atoms with Crippen molar-refractivity contribution in [3.63, 3.8) is 0 Å². The van der Waals surface area contributed by atoms with Gasteiger partial charge in [0, 0.05) is 0 Å². The maximum Gasteiger partial charge on any atom is 0.261 e. The van der Waals surface area contributed by atoms with Gasteiger partial charge in [-0.2, -0.15) is 0 Å². The Bertz CT molecular complexity index is 613. The first-order valence-electron chi connectivity index (χ1n) is 5.97. The van der Waals surface area contributed by atoms with Gasteiger partial charge in [0.05, 0.1) is 10.6 Å². The van der Waals surface area contributed by atoms with Gasteiger partial charge in [0.2, 0.25) is 5.91 Å². The molecule has 1 aromatic heterocycles. The number of nitrogens with one attached hydrogen (secondary N) is 2. The maximum atomic E-state index is 13.4. The smallest absolute Gasteiger partial charge is 0.261 e. The summed E-state index contributed by atoms with van der Waals surface area (Å²) in [5.74, 6) is -1.31. The topological polar surface area (TPSA) is 58.2 Å². The van der Waals surface area contributed by atoms with Crippen LogP contribution in [-0.2, 0) is 4.79 Å². The third-order valence-corrected chi connectivity index (χ3v) is 3.49. The van der Waals surface area contributed by atoms with E-state index in [1.54, 1.807) is 30.5 Å². The van der Waals surface area contributed by atoms with E-state index in [2.05, 4.69) is 10.6 Å². The fourth-order valence-corrected chi connectivity index (χ4v) is 2.17. The molecule has 4 nitrogen and oxygen atoms in total. The van der Waals surface area contributed by atoms with Crippen molar-refractivity contribution in [3.8, 4) is 0 Å². The van der Waals surface area contributed by atoms with Gasteiger partial charge in [-0.05, 0) is 30.5 Å². The van der Waals surface area contributed by atoms with Crippen molar-refractivity contribution in [2.45, 2.75) is 13.0 Å². The zero-order valence-electron chi connectivity index (χ0n) is 10.7. The summed E-state index contributed by atoms with van der Waals surface area (Å²) in [5.41, 5.74) is 0.0923. The van der Waals surface area contributed by atoms with Gasteiger partial charge in [-0.1, -0.05) is 18.2 Å². The van der Waals surface area contributed by atoms with Crippen LogP contribution in [0.2, 0.25) is 0 Å². The molecule has 0 aliphatic rings. The van der Waals surface area contributed by atoms with Gasteiger partial charge in [-0.25, -0.2) is 4.39 Å². The molecule has 6 heteroatoms. The monoisotopic (exact) mass is 292 g/mol. The zero-order chi connectivity index (χ0) is 14.5. The van der Waals surface area contributed by atoms with Gasteiger partial charge < -0.3 is 10.6 Å². The molecule has 0 radical (unpaired) electrons. The van der Waals surface area contributed by atoms with E-state index < -0.39 is 17.8 Å². The van der Waals surface area contributed by atoms with Crippen LogP contribution in [0.3, 0.4) is 0 Å². The van der Waals surface area contributed by atoms with Crippen molar-refractivity contribution in [2.75, 3.05) is 5.32 Å². The molecule has 0 aliphatic heterocycles. The fourth-order valence-electron chi connectivity index (χ4n) is 1.54. The third kappa shape index (κ3) is 3.42. The summed E-state index contributed by atoms with van der Waals surface area (Å²) in [6, 6.07) is 8.53. The summed E-state index contributed by atoms with van der Waals surface area (Å²) in [7, 11) is 0. The minimum Gasteiger partial charge on any atom is -0.340 e. The molecule has 1 atom stereocenters. The Hall–Kier alpha value is -2.21. The number of rotatable bonds is 4. The van der Waals surface area contributed by atoms with Crippen LogP contribution in [-0.4, -0.2) is 17.9 Å². The predicted molar refractivity (Wildman–Crippen MR) is 76.3 cm³/mol. The number of hydrogen-bond donors (Lipinski definition) is 2. The maximum absolute atomic E-state index is 13.4. The van der Waals surface area contributed by atoms with Gasteiger partial charge in [0.25, 0.3) is 5.91 Å². The van der Waals surface area contributed by atoms with Crippen LogP contribution in [0.25, 0.3) is 0 Å². The fraction of sp³-hybridized carbons (Fsp3) is 0.143. The molecule has 2 rings (SSSR count). The van der Waals surface area contributed by atoms with Crippen LogP contribution in [0, 0.1) is 5.82 Å². The van der Waals surface area contributed by atoms with Crippen LogP contribution in [0.4, 0.5) is 10.1 Å². The van der Waals surface area contributed by atoms with Crippen LogP contribution >= 0.6 is 11.3 Å². The molecular weight excluding hydrogens is 279 g/mol. The summed E-state index contributed by atoms with van der Waals surface area (Å²) in [6.07, 6.45) is 0. The number of anilines is 1. The lowest BCUT2D eigenvalue weighted by Crippen LogP contribution is -2.41. The second-order valence-corrected chi connectivity index (χ2v) is 5.09. The number of carbonyl (C=O) groups excluding carboxylic acids is 2. The number of amides is 2. The Morgan fingerprint density at radius 2 is 1.95 bits per heavy atom. The number of thiophene rings is 1. The van der Waals surface area contributed by atoms with Gasteiger partial charge in [0.15, 0.2) is 0 Å². The molecular formula is C14H13FN2O2S. The molecule has 104 valence electrons. The molecule has 2 aromatic rings. The standard InChI is InChI=1S/C14H13FN2O2S/c1-9(16-14(19)12-7-4-8-20-12)13(18)17-11-6-3-2-5-10(11)15/h2-9H,1H3,(H,16,19)(H,17,18)/t9-/m1/s1. The van der Waals surface area contributed by atoms with Crippen LogP contribution in [0.5, 0.6) is 0 Å². The van der Waals surface area contributed by atoms with Crippen molar-refractivity contribution in [3.05, 3.63) is 52.5 Å². The Morgan fingerprint density at radius 1 is 1.20 bits per heavy atom. The normalized spacial score (nSPS) is 11.7. The Kier molecular flexibility index (Phi) is 4.47. The predicted octanol–water partition coefficient (Wildman–Crippen LogP) is 2.64. The summed E-state index contributed by atoms with van der Waals surface area (Å²) in [5, 5.41) is 6.77. The second kappa shape index (κ2) is 6.29. The number of hydrogen-bond acceptors (Lipinski definition) is 3. The molecule has 0 aliphatic carbocycles. The zero-order valence-corrected chi connectivity index (χ0v) is 11.5. The second-order valence-electron chi connectivity index (χ2n) is 4.14. The lowest BCUT2D eigenvalue weighted by molar-refractivity contribution is -0.117. The molecule has 0 bridgehead atoms. The average Bonchev–Trinajstić information content (AvgIpc) is 2.95. The van der Waals surface area contributed by atoms with Crippen molar-refractivity contribution < 1.29 is 14.0 Å². The highest BCUT2D eigenvalue weighted by atomic mass is 32.1. The number of carbonyl (C=O) groups is 2. The minimum absolute atomic E-state index is 0.0923. The largest absolute Gasteiger partial charge is 0.340 e. The summed E-state index contributed by atoms with van der Waals surface area (Å²) in [6.45, 7) is 1.54. The number of halogens is 1. The lowest BCUT2D eigenvalue weighted by Gasteiger charge is -2.13. The van der Waals surface area contributed by atoms with Crippen molar-refractivity contribution in [2.24, 2.45) is 0 Å². The Labute approximate surface area is 119 Å². The van der Waals surface area contributed by atoms with Gasteiger partial charge >= 0.3 is 0 Å². The minimum atomic E-state index is -0.760. The van der Waals surface area contributed by atoms with E-state index >= 15 is 0 Å². The van der Waals surface area contributed by atoms with Crippen molar-refractivity contribution in [1.82, 2.24) is 5.32 Å². The van der Waals surface area contributed by atoms with Crippen molar-refractivity contribution >= 4 is 28.8 Å². The van der Waals surface area contributed by atoms with E-state index in [9.17, 15) is 14.0 Å². The van der Waals surface area contributed by atoms with Gasteiger partial charge in [-0.3, -0.25) is 9.59 Å². The van der Waals surface area contributed by atoms with E-state index in [-0.39, 0.29) is 11.6 Å². The van der Waals surface area contributed by atoms with E-state index in [4.69, 9.17) is 0 Å². The first-order valence-corrected chi connectivity index (χ1v) is 6.85. The first-order chi connectivity index (χ1) is 9.58. The third-order valence-electron chi connectivity index (χ3n) is 2.62. The number of para-hydroxylation sites is 1. The molecule has 2 N–H and O–H groups in total. The quantitative estimate of drug-likeness (QED) is 0.910. The molecule has 1 heterocycles. The molecule has 20 heavy (non-hydrogen) atoms. The highest BCUT2D eigenvalue weighted by molar-refractivity contribution is 7.12. The van der Waals surface area contributed by atoms with E-state index in [0.29, 0.717) is 4.88 Å². The highest BCUT2D eigenvalue weighted by Crippen LogP contribution is 2.13. The average molecular weight is 292 g/mol. The Balaban J connectivity index is 1.96. The van der Waals surface area contributed by atoms with Gasteiger partial charge in [0.1, 0.15) is 11.9 Å². The lowest BCUT2D eigenvalue weighted by atomic mass is 10.2. The highest BCUT2D eigenvalue weighted by Gasteiger charge is 2.18. The van der Waals surface area contributed by atoms with E-state index in [0.717, 1.165) is 0 Å². The van der Waals surface area contributed by atoms with E-state index in [1.165, 1.54) is 29.5 Å². The molecule has 0 saturated carbocycles. The van der Waals surface area contributed by atoms with Gasteiger partial charge in [-0.15, -0.1) is 11.3 Å². The molecule has 0 saturated heterocycles. The van der Waals surface area contributed by atoms with Crippen molar-refractivity contribution in [1.29, 1.82) is 0 Å². The summed E-state index contributed by atoms with van der Waals surface area (Å²) in [4.78, 5) is 24.2. The van der Waals surface area contributed by atoms with Crippen LogP contribution < -0.4 is 10.6 Å². The molecule has 0 fully saturated rings. The summed E-state index contributed by atoms with van der Waals surface area (Å²) < 4.78 is 13.4. The van der Waals surface area contributed by atoms with Crippen LogP contribution in [0.15, 0.2) is 41.8 Å². The Morgan fingerprint density at radius 3 is 2.60 bits per heavy atom. The number of benzene rings is 1. The first kappa shape index (κ1) is 14.2. The SMILES string of the molecule is C[C@@H](NC(=O)c1cccs1)C(=O)Nc1ccccc1F.